The summed E-state index contributed by atoms with van der Waals surface area (Å²) in [5.74, 6) is 0.960. The summed E-state index contributed by atoms with van der Waals surface area (Å²) < 4.78 is 11.3. The molecule has 3 aromatic carbocycles. The van der Waals surface area contributed by atoms with Gasteiger partial charge in [-0.2, -0.15) is 0 Å². The molecule has 4 aromatic rings. The first kappa shape index (κ1) is 22.9. The van der Waals surface area contributed by atoms with Crippen LogP contribution >= 0.6 is 11.3 Å². The number of methoxy groups -OCH3 is 1. The molecular formula is C27H25N3O4S. The first-order chi connectivity index (χ1) is 17.1. The van der Waals surface area contributed by atoms with E-state index in [2.05, 4.69) is 4.98 Å². The Labute approximate surface area is 207 Å². The number of hydrogen-bond donors (Lipinski definition) is 0. The highest BCUT2D eigenvalue weighted by molar-refractivity contribution is 7.07. The lowest BCUT2D eigenvalue weighted by Crippen LogP contribution is -2.50. The third-order valence-corrected chi connectivity index (χ3v) is 6.78. The quantitative estimate of drug-likeness (QED) is 0.401. The SMILES string of the molecule is COc1cc(C(=O)N2CCN(C(=O)c3cccc4ccccc34)CC2)ccc1OCc1cscn1. The number of aromatic nitrogens is 1. The van der Waals surface area contributed by atoms with Crippen molar-refractivity contribution in [3.8, 4) is 11.5 Å². The van der Waals surface area contributed by atoms with Gasteiger partial charge in [0.05, 0.1) is 18.3 Å². The van der Waals surface area contributed by atoms with E-state index in [1.54, 1.807) is 35.7 Å². The van der Waals surface area contributed by atoms with E-state index in [-0.39, 0.29) is 11.8 Å². The van der Waals surface area contributed by atoms with Crippen LogP contribution in [0.1, 0.15) is 26.4 Å². The van der Waals surface area contributed by atoms with E-state index in [0.717, 1.165) is 16.5 Å². The molecule has 35 heavy (non-hydrogen) atoms. The molecule has 1 aliphatic rings. The Kier molecular flexibility index (Phi) is 6.63. The molecule has 7 nitrogen and oxygen atoms in total. The first-order valence-corrected chi connectivity index (χ1v) is 12.3. The number of ether oxygens (including phenoxy) is 2. The van der Waals surface area contributed by atoms with Crippen LogP contribution in [0.15, 0.2) is 71.6 Å². The molecule has 1 fully saturated rings. The normalized spacial score (nSPS) is 13.6. The van der Waals surface area contributed by atoms with Gasteiger partial charge >= 0.3 is 0 Å². The molecule has 8 heteroatoms. The Morgan fingerprint density at radius 2 is 1.66 bits per heavy atom. The molecule has 0 saturated carbocycles. The molecular weight excluding hydrogens is 462 g/mol. The smallest absolute Gasteiger partial charge is 0.254 e. The minimum absolute atomic E-state index is 0.00261. The minimum Gasteiger partial charge on any atom is -0.493 e. The Balaban J connectivity index is 1.23. The van der Waals surface area contributed by atoms with E-state index < -0.39 is 0 Å². The predicted octanol–water partition coefficient (Wildman–Crippen LogP) is 4.48. The molecule has 2 amide bonds. The Hall–Kier alpha value is -3.91. The van der Waals surface area contributed by atoms with E-state index in [9.17, 15) is 9.59 Å². The van der Waals surface area contributed by atoms with E-state index in [0.29, 0.717) is 55.4 Å². The summed E-state index contributed by atoms with van der Waals surface area (Å²) in [4.78, 5) is 34.2. The first-order valence-electron chi connectivity index (χ1n) is 11.4. The highest BCUT2D eigenvalue weighted by Gasteiger charge is 2.26. The van der Waals surface area contributed by atoms with Crippen molar-refractivity contribution in [1.82, 2.24) is 14.8 Å². The maximum Gasteiger partial charge on any atom is 0.254 e. The highest BCUT2D eigenvalue weighted by atomic mass is 32.1. The zero-order valence-corrected chi connectivity index (χ0v) is 20.2. The third kappa shape index (κ3) is 4.83. The Morgan fingerprint density at radius 3 is 2.40 bits per heavy atom. The topological polar surface area (TPSA) is 72.0 Å². The summed E-state index contributed by atoms with van der Waals surface area (Å²) in [5.41, 5.74) is 3.82. The summed E-state index contributed by atoms with van der Waals surface area (Å²) in [6.45, 7) is 2.25. The summed E-state index contributed by atoms with van der Waals surface area (Å²) in [6, 6.07) is 18.9. The second kappa shape index (κ2) is 10.1. The lowest BCUT2D eigenvalue weighted by Gasteiger charge is -2.35. The molecule has 1 aromatic heterocycles. The molecule has 0 unspecified atom stereocenters. The van der Waals surface area contributed by atoms with Crippen LogP contribution in [0.2, 0.25) is 0 Å². The van der Waals surface area contributed by atoms with E-state index >= 15 is 0 Å². The van der Waals surface area contributed by atoms with Gasteiger partial charge in [0.25, 0.3) is 11.8 Å². The largest absolute Gasteiger partial charge is 0.493 e. The number of hydrogen-bond acceptors (Lipinski definition) is 6. The number of rotatable bonds is 6. The van der Waals surface area contributed by atoms with Crippen LogP contribution in [0.5, 0.6) is 11.5 Å². The van der Waals surface area contributed by atoms with Crippen LogP contribution < -0.4 is 9.47 Å². The summed E-state index contributed by atoms with van der Waals surface area (Å²) >= 11 is 1.51. The van der Waals surface area contributed by atoms with Gasteiger partial charge in [-0.1, -0.05) is 36.4 Å². The van der Waals surface area contributed by atoms with Gasteiger partial charge in [-0.3, -0.25) is 9.59 Å². The van der Waals surface area contributed by atoms with Crippen molar-refractivity contribution in [1.29, 1.82) is 0 Å². The zero-order valence-electron chi connectivity index (χ0n) is 19.3. The van der Waals surface area contributed by atoms with Crippen molar-refractivity contribution >= 4 is 33.9 Å². The fraction of sp³-hybridized carbons (Fsp3) is 0.222. The number of amides is 2. The van der Waals surface area contributed by atoms with E-state index in [1.807, 2.05) is 52.7 Å². The molecule has 178 valence electrons. The Bertz CT molecular complexity index is 1340. The number of carbonyl (C=O) groups excluding carboxylic acids is 2. The number of nitrogens with zero attached hydrogens (tertiary/aromatic N) is 3. The van der Waals surface area contributed by atoms with Crippen molar-refractivity contribution in [3.05, 3.63) is 88.4 Å². The summed E-state index contributed by atoms with van der Waals surface area (Å²) in [5, 5.41) is 3.91. The second-order valence-corrected chi connectivity index (χ2v) is 8.96. The van der Waals surface area contributed by atoms with Crippen molar-refractivity contribution in [3.63, 3.8) is 0 Å². The van der Waals surface area contributed by atoms with Gasteiger partial charge in [0.15, 0.2) is 11.5 Å². The molecule has 0 N–H and O–H groups in total. The number of benzene rings is 3. The number of carbonyl (C=O) groups is 2. The monoisotopic (exact) mass is 487 g/mol. The van der Waals surface area contributed by atoms with Crippen molar-refractivity contribution < 1.29 is 19.1 Å². The van der Waals surface area contributed by atoms with Crippen LogP contribution in [0.25, 0.3) is 10.8 Å². The Morgan fingerprint density at radius 1 is 0.914 bits per heavy atom. The molecule has 1 saturated heterocycles. The van der Waals surface area contributed by atoms with Crippen molar-refractivity contribution in [2.45, 2.75) is 6.61 Å². The van der Waals surface area contributed by atoms with Gasteiger partial charge in [-0.15, -0.1) is 11.3 Å². The second-order valence-electron chi connectivity index (χ2n) is 8.25. The fourth-order valence-corrected chi connectivity index (χ4v) is 4.80. The minimum atomic E-state index is -0.0911. The van der Waals surface area contributed by atoms with Gasteiger partial charge in [-0.25, -0.2) is 4.98 Å². The van der Waals surface area contributed by atoms with Crippen LogP contribution in [0.3, 0.4) is 0 Å². The maximum atomic E-state index is 13.2. The van der Waals surface area contributed by atoms with Crippen LogP contribution in [-0.4, -0.2) is 59.9 Å². The molecule has 0 spiro atoms. The van der Waals surface area contributed by atoms with Crippen LogP contribution in [0.4, 0.5) is 0 Å². The summed E-state index contributed by atoms with van der Waals surface area (Å²) in [7, 11) is 1.55. The van der Waals surface area contributed by atoms with Gasteiger partial charge < -0.3 is 19.3 Å². The molecule has 0 atom stereocenters. The highest BCUT2D eigenvalue weighted by Crippen LogP contribution is 2.29. The lowest BCUT2D eigenvalue weighted by atomic mass is 10.0. The van der Waals surface area contributed by atoms with Gasteiger partial charge in [0.2, 0.25) is 0 Å². The molecule has 1 aliphatic heterocycles. The van der Waals surface area contributed by atoms with Crippen LogP contribution in [0, 0.1) is 0 Å². The molecule has 2 heterocycles. The van der Waals surface area contributed by atoms with Crippen molar-refractivity contribution in [2.24, 2.45) is 0 Å². The number of piperazine rings is 1. The zero-order chi connectivity index (χ0) is 24.2. The number of thiazole rings is 1. The van der Waals surface area contributed by atoms with E-state index in [4.69, 9.17) is 9.47 Å². The molecule has 5 rings (SSSR count). The van der Waals surface area contributed by atoms with E-state index in [1.165, 1.54) is 11.3 Å². The number of fused-ring (bicyclic) bond motifs is 1. The van der Waals surface area contributed by atoms with Gasteiger partial charge in [0, 0.05) is 42.7 Å². The predicted molar refractivity (Wildman–Crippen MR) is 135 cm³/mol. The average molecular weight is 488 g/mol. The summed E-state index contributed by atoms with van der Waals surface area (Å²) in [6.07, 6.45) is 0. The van der Waals surface area contributed by atoms with Crippen LogP contribution in [-0.2, 0) is 6.61 Å². The average Bonchev–Trinajstić information content (AvgIpc) is 3.44. The lowest BCUT2D eigenvalue weighted by molar-refractivity contribution is 0.0536. The van der Waals surface area contributed by atoms with Gasteiger partial charge in [-0.05, 0) is 35.0 Å². The van der Waals surface area contributed by atoms with Crippen molar-refractivity contribution in [2.75, 3.05) is 33.3 Å². The molecule has 0 aliphatic carbocycles. The third-order valence-electron chi connectivity index (χ3n) is 6.14. The van der Waals surface area contributed by atoms with Gasteiger partial charge in [0.1, 0.15) is 6.61 Å². The standard InChI is InChI=1S/C27H25N3O4S/c1-33-25-15-20(9-10-24(25)34-16-21-17-35-18-28-21)26(31)29-11-13-30(14-12-29)27(32)23-8-4-6-19-5-2-3-7-22(19)23/h2-10,15,17-18H,11-14,16H2,1H3. The molecule has 0 bridgehead atoms. The fourth-order valence-electron chi connectivity index (χ4n) is 4.26. The molecule has 0 radical (unpaired) electrons. The maximum absolute atomic E-state index is 13.2.